The van der Waals surface area contributed by atoms with E-state index in [4.69, 9.17) is 5.73 Å². The van der Waals surface area contributed by atoms with Gasteiger partial charge in [-0.2, -0.15) is 16.1 Å². The zero-order chi connectivity index (χ0) is 15.5. The van der Waals surface area contributed by atoms with Gasteiger partial charge in [0.25, 0.3) is 0 Å². The van der Waals surface area contributed by atoms with Gasteiger partial charge >= 0.3 is 0 Å². The number of nitrogens with two attached hydrogens (primary N) is 1. The van der Waals surface area contributed by atoms with Crippen molar-refractivity contribution in [1.29, 1.82) is 0 Å². The second kappa shape index (κ2) is 6.79. The molecule has 4 nitrogen and oxygen atoms in total. The number of halogens is 1. The Balaban J connectivity index is 2.34. The SMILES string of the molecule is CC1CSCCN1S(=O)(=O)c1ccc(C#CCN)c(F)c1. The van der Waals surface area contributed by atoms with E-state index in [0.717, 1.165) is 17.6 Å². The fraction of sp³-hybridized carbons (Fsp3) is 0.429. The van der Waals surface area contributed by atoms with Gasteiger partial charge < -0.3 is 5.73 Å². The highest BCUT2D eigenvalue weighted by Crippen LogP contribution is 2.25. The number of nitrogens with zero attached hydrogens (tertiary/aromatic N) is 1. The Kier molecular flexibility index (Phi) is 5.27. The van der Waals surface area contributed by atoms with Crippen LogP contribution in [0.2, 0.25) is 0 Å². The lowest BCUT2D eigenvalue weighted by atomic mass is 10.2. The first-order valence-electron chi connectivity index (χ1n) is 6.55. The molecule has 0 spiro atoms. The van der Waals surface area contributed by atoms with E-state index < -0.39 is 15.8 Å². The predicted molar refractivity (Wildman–Crippen MR) is 83.0 cm³/mol. The highest BCUT2D eigenvalue weighted by Gasteiger charge is 2.31. The lowest BCUT2D eigenvalue weighted by molar-refractivity contribution is 0.367. The van der Waals surface area contributed by atoms with Gasteiger partial charge in [0, 0.05) is 24.1 Å². The molecule has 7 heteroatoms. The summed E-state index contributed by atoms with van der Waals surface area (Å²) in [5.41, 5.74) is 5.39. The molecule has 0 radical (unpaired) electrons. The summed E-state index contributed by atoms with van der Waals surface area (Å²) in [7, 11) is -3.66. The van der Waals surface area contributed by atoms with Gasteiger partial charge in [0.2, 0.25) is 10.0 Å². The summed E-state index contributed by atoms with van der Waals surface area (Å²) in [6.07, 6.45) is 0. The Morgan fingerprint density at radius 3 is 2.90 bits per heavy atom. The molecule has 0 bridgehead atoms. The molecule has 1 aliphatic rings. The van der Waals surface area contributed by atoms with Crippen LogP contribution in [0.3, 0.4) is 0 Å². The summed E-state index contributed by atoms with van der Waals surface area (Å²) < 4.78 is 40.5. The van der Waals surface area contributed by atoms with Gasteiger partial charge in [-0.15, -0.1) is 0 Å². The molecule has 114 valence electrons. The smallest absolute Gasteiger partial charge is 0.243 e. The molecule has 1 aromatic carbocycles. The second-order valence-electron chi connectivity index (χ2n) is 4.69. The van der Waals surface area contributed by atoms with Crippen molar-refractivity contribution < 1.29 is 12.8 Å². The van der Waals surface area contributed by atoms with Crippen LogP contribution in [0.15, 0.2) is 23.1 Å². The normalized spacial score (nSPS) is 19.9. The van der Waals surface area contributed by atoms with Crippen molar-refractivity contribution in [1.82, 2.24) is 4.31 Å². The maximum absolute atomic E-state index is 13.9. The minimum absolute atomic E-state index is 0.0305. The molecule has 1 fully saturated rings. The van der Waals surface area contributed by atoms with Crippen LogP contribution < -0.4 is 5.73 Å². The van der Waals surface area contributed by atoms with Crippen molar-refractivity contribution in [2.24, 2.45) is 5.73 Å². The molecule has 1 unspecified atom stereocenters. The third-order valence-corrected chi connectivity index (χ3v) is 6.38. The summed E-state index contributed by atoms with van der Waals surface area (Å²) in [6, 6.07) is 3.72. The van der Waals surface area contributed by atoms with Gasteiger partial charge in [-0.05, 0) is 25.1 Å². The van der Waals surface area contributed by atoms with Crippen molar-refractivity contribution in [2.75, 3.05) is 24.6 Å². The zero-order valence-corrected chi connectivity index (χ0v) is 13.3. The molecule has 1 heterocycles. The average Bonchev–Trinajstić information content (AvgIpc) is 2.46. The molecule has 1 saturated heterocycles. The van der Waals surface area contributed by atoms with Crippen molar-refractivity contribution in [3.8, 4) is 11.8 Å². The Hall–Kier alpha value is -1.07. The number of hydrogen-bond acceptors (Lipinski definition) is 4. The van der Waals surface area contributed by atoms with Gasteiger partial charge in [0.15, 0.2) is 0 Å². The van der Waals surface area contributed by atoms with Gasteiger partial charge in [-0.1, -0.05) is 11.8 Å². The highest BCUT2D eigenvalue weighted by atomic mass is 32.2. The van der Waals surface area contributed by atoms with E-state index in [1.54, 1.807) is 11.8 Å². The number of sulfonamides is 1. The van der Waals surface area contributed by atoms with E-state index in [2.05, 4.69) is 11.8 Å². The zero-order valence-electron chi connectivity index (χ0n) is 11.7. The first-order chi connectivity index (χ1) is 9.96. The predicted octanol–water partition coefficient (Wildman–Crippen LogP) is 1.26. The van der Waals surface area contributed by atoms with E-state index in [1.807, 2.05) is 6.92 Å². The van der Waals surface area contributed by atoms with Crippen molar-refractivity contribution in [2.45, 2.75) is 17.9 Å². The van der Waals surface area contributed by atoms with Gasteiger partial charge in [0.05, 0.1) is 17.0 Å². The van der Waals surface area contributed by atoms with Crippen LogP contribution in [-0.2, 0) is 10.0 Å². The Morgan fingerprint density at radius 1 is 1.52 bits per heavy atom. The number of rotatable bonds is 2. The fourth-order valence-electron chi connectivity index (χ4n) is 2.11. The van der Waals surface area contributed by atoms with Crippen molar-refractivity contribution >= 4 is 21.8 Å². The molecule has 0 aromatic heterocycles. The number of thioether (sulfide) groups is 1. The maximum atomic E-state index is 13.9. The van der Waals surface area contributed by atoms with Gasteiger partial charge in [-0.25, -0.2) is 12.8 Å². The molecule has 0 saturated carbocycles. The standard InChI is InChI=1S/C14H17FN2O2S2/c1-11-10-20-8-7-17(11)21(18,19)13-5-4-12(3-2-6-16)14(15)9-13/h4-5,9,11H,6-8,10,16H2,1H3. The fourth-order valence-corrected chi connectivity index (χ4v) is 4.97. The molecule has 2 rings (SSSR count). The largest absolute Gasteiger partial charge is 0.320 e. The lowest BCUT2D eigenvalue weighted by Gasteiger charge is -2.31. The summed E-state index contributed by atoms with van der Waals surface area (Å²) in [6.45, 7) is 2.44. The van der Waals surface area contributed by atoms with Crippen molar-refractivity contribution in [3.05, 3.63) is 29.6 Å². The summed E-state index contributed by atoms with van der Waals surface area (Å²) in [4.78, 5) is -0.0305. The second-order valence-corrected chi connectivity index (χ2v) is 7.73. The van der Waals surface area contributed by atoms with E-state index in [-0.39, 0.29) is 23.0 Å². The van der Waals surface area contributed by atoms with Crippen LogP contribution in [0.1, 0.15) is 12.5 Å². The maximum Gasteiger partial charge on any atom is 0.243 e. The van der Waals surface area contributed by atoms with E-state index >= 15 is 0 Å². The third-order valence-electron chi connectivity index (χ3n) is 3.18. The third kappa shape index (κ3) is 3.58. The van der Waals surface area contributed by atoms with E-state index in [9.17, 15) is 12.8 Å². The van der Waals surface area contributed by atoms with Gasteiger partial charge in [0.1, 0.15) is 5.82 Å². The molecule has 0 aliphatic carbocycles. The molecule has 0 amide bonds. The van der Waals surface area contributed by atoms with Gasteiger partial charge in [-0.3, -0.25) is 0 Å². The van der Waals surface area contributed by atoms with Crippen LogP contribution in [-0.4, -0.2) is 43.4 Å². The van der Waals surface area contributed by atoms with E-state index in [0.29, 0.717) is 6.54 Å². The van der Waals surface area contributed by atoms with Crippen molar-refractivity contribution in [3.63, 3.8) is 0 Å². The minimum atomic E-state index is -3.66. The van der Waals surface area contributed by atoms with Crippen LogP contribution in [0.25, 0.3) is 0 Å². The molecule has 2 N–H and O–H groups in total. The van der Waals surface area contributed by atoms with Crippen LogP contribution in [0.4, 0.5) is 4.39 Å². The quantitative estimate of drug-likeness (QED) is 0.830. The molecule has 1 aliphatic heterocycles. The molecule has 1 atom stereocenters. The topological polar surface area (TPSA) is 63.4 Å². The summed E-state index contributed by atoms with van der Waals surface area (Å²) in [5, 5.41) is 0. The Labute approximate surface area is 128 Å². The monoisotopic (exact) mass is 328 g/mol. The van der Waals surface area contributed by atoms with Crippen LogP contribution >= 0.6 is 11.8 Å². The first-order valence-corrected chi connectivity index (χ1v) is 9.14. The van der Waals surface area contributed by atoms with Crippen LogP contribution in [0.5, 0.6) is 0 Å². The minimum Gasteiger partial charge on any atom is -0.320 e. The molecular formula is C14H17FN2O2S2. The lowest BCUT2D eigenvalue weighted by Crippen LogP contribution is -2.44. The average molecular weight is 328 g/mol. The Morgan fingerprint density at radius 2 is 2.29 bits per heavy atom. The number of benzene rings is 1. The molecule has 1 aromatic rings. The van der Waals surface area contributed by atoms with E-state index in [1.165, 1.54) is 16.4 Å². The first kappa shape index (κ1) is 16.3. The molecular weight excluding hydrogens is 311 g/mol. The summed E-state index contributed by atoms with van der Waals surface area (Å²) in [5.74, 6) is 5.99. The highest BCUT2D eigenvalue weighted by molar-refractivity contribution is 7.99. The Bertz CT molecular complexity index is 680. The number of hydrogen-bond donors (Lipinski definition) is 1. The van der Waals surface area contributed by atoms with Crippen LogP contribution in [0, 0.1) is 17.7 Å². The molecule has 21 heavy (non-hydrogen) atoms. The summed E-state index contributed by atoms with van der Waals surface area (Å²) >= 11 is 1.72.